The van der Waals surface area contributed by atoms with E-state index < -0.39 is 44.1 Å². The summed E-state index contributed by atoms with van der Waals surface area (Å²) in [6, 6.07) is 0. The Hall–Kier alpha value is -1.41. The molecule has 2 aromatic heterocycles. The Bertz CT molecular complexity index is 1050. The highest BCUT2D eigenvalue weighted by molar-refractivity contribution is 7.53. The zero-order valence-electron chi connectivity index (χ0n) is 18.0. The Kier molecular flexibility index (Phi) is 6.98. The summed E-state index contributed by atoms with van der Waals surface area (Å²) in [7, 11) is -3.44. The highest BCUT2D eigenvalue weighted by atomic mass is 35.5. The molecule has 15 heteroatoms. The van der Waals surface area contributed by atoms with Crippen molar-refractivity contribution in [3.05, 3.63) is 11.5 Å². The van der Waals surface area contributed by atoms with Gasteiger partial charge in [0.2, 0.25) is 5.28 Å². The summed E-state index contributed by atoms with van der Waals surface area (Å²) in [6.45, 7) is 1.14. The van der Waals surface area contributed by atoms with Crippen molar-refractivity contribution in [2.45, 2.75) is 49.6 Å². The lowest BCUT2D eigenvalue weighted by atomic mass is 10.1. The van der Waals surface area contributed by atoms with Crippen LogP contribution in [0.2, 0.25) is 5.28 Å². The van der Waals surface area contributed by atoms with Gasteiger partial charge in [0.25, 0.3) is 0 Å². The highest BCUT2D eigenvalue weighted by Crippen LogP contribution is 2.51. The maximum Gasteiger partial charge on any atom is 0.359 e. The largest absolute Gasteiger partial charge is 0.387 e. The van der Waals surface area contributed by atoms with Gasteiger partial charge in [-0.05, 0) is 37.3 Å². The van der Waals surface area contributed by atoms with E-state index in [0.717, 1.165) is 19.4 Å². The molecule has 1 saturated heterocycles. The van der Waals surface area contributed by atoms with Gasteiger partial charge in [-0.3, -0.25) is 4.57 Å². The van der Waals surface area contributed by atoms with Crippen LogP contribution >= 0.6 is 19.2 Å². The number of nitrogens with zero attached hydrogens (tertiary/aromatic N) is 4. The summed E-state index contributed by atoms with van der Waals surface area (Å²) in [6.07, 6.45) is -1.25. The third kappa shape index (κ3) is 5.02. The van der Waals surface area contributed by atoms with Crippen LogP contribution in [-0.2, 0) is 18.8 Å². The SMILES string of the molecule is COC[C@@](C)(OC[C@H]1O[C@@H](n2ncc3c(NCC4CC4)nc(Cl)nc32)[C@H](O)[C@@H]1O)P(=O)(O)O. The lowest BCUT2D eigenvalue weighted by Gasteiger charge is -2.31. The number of anilines is 1. The number of rotatable bonds is 10. The van der Waals surface area contributed by atoms with Crippen molar-refractivity contribution in [2.75, 3.05) is 32.2 Å². The van der Waals surface area contributed by atoms with E-state index in [-0.39, 0.29) is 11.9 Å². The van der Waals surface area contributed by atoms with E-state index in [1.54, 1.807) is 0 Å². The van der Waals surface area contributed by atoms with Crippen molar-refractivity contribution in [1.29, 1.82) is 0 Å². The first-order chi connectivity index (χ1) is 15.5. The van der Waals surface area contributed by atoms with Gasteiger partial charge in [0.1, 0.15) is 24.1 Å². The normalized spacial score (nSPS) is 27.7. The van der Waals surface area contributed by atoms with Gasteiger partial charge in [-0.15, -0.1) is 0 Å². The molecule has 2 fully saturated rings. The number of aliphatic hydroxyl groups is 2. The molecule has 0 bridgehead atoms. The number of methoxy groups -OCH3 is 1. The lowest BCUT2D eigenvalue weighted by Crippen LogP contribution is -2.40. The van der Waals surface area contributed by atoms with Crippen molar-refractivity contribution < 1.29 is 38.8 Å². The number of ether oxygens (including phenoxy) is 3. The van der Waals surface area contributed by atoms with E-state index in [2.05, 4.69) is 20.4 Å². The van der Waals surface area contributed by atoms with E-state index in [0.29, 0.717) is 22.8 Å². The van der Waals surface area contributed by atoms with Crippen molar-refractivity contribution in [3.63, 3.8) is 0 Å². The van der Waals surface area contributed by atoms with E-state index in [9.17, 15) is 24.6 Å². The summed E-state index contributed by atoms with van der Waals surface area (Å²) >= 11 is 6.09. The monoisotopic (exact) mass is 507 g/mol. The smallest absolute Gasteiger partial charge is 0.359 e. The standard InChI is InChI=1S/C18H27ClN5O8P/c1-18(8-30-2,33(27,28)29)31-7-11-12(25)13(26)16(32-11)24-15-10(6-21-24)14(22-17(19)23-15)20-5-9-3-4-9/h6,9,11-13,16,25-26H,3-5,7-8H2,1-2H3,(H,20,22,23)(H2,27,28,29)/t11-,12-,13-,16-,18+/m1/s1. The fourth-order valence-electron chi connectivity index (χ4n) is 3.59. The number of hydrogen-bond acceptors (Lipinski definition) is 10. The third-order valence-corrected chi connectivity index (χ3v) is 7.51. The molecule has 3 heterocycles. The molecule has 1 aliphatic carbocycles. The predicted octanol–water partition coefficient (Wildman–Crippen LogP) is 0.478. The Labute approximate surface area is 194 Å². The molecule has 33 heavy (non-hydrogen) atoms. The van der Waals surface area contributed by atoms with Crippen molar-refractivity contribution >= 4 is 36.0 Å². The maximum atomic E-state index is 11.8. The molecule has 2 aromatic rings. The fraction of sp³-hybridized carbons (Fsp3) is 0.722. The van der Waals surface area contributed by atoms with Crippen LogP contribution in [0.1, 0.15) is 26.0 Å². The van der Waals surface area contributed by atoms with E-state index in [4.69, 9.17) is 25.8 Å². The molecular formula is C18H27ClN5O8P. The number of aliphatic hydroxyl groups excluding tert-OH is 2. The fourth-order valence-corrected chi connectivity index (χ4v) is 4.30. The van der Waals surface area contributed by atoms with Crippen molar-refractivity contribution in [1.82, 2.24) is 19.7 Å². The van der Waals surface area contributed by atoms with E-state index in [1.165, 1.54) is 24.9 Å². The van der Waals surface area contributed by atoms with Gasteiger partial charge in [-0.2, -0.15) is 15.1 Å². The zero-order valence-corrected chi connectivity index (χ0v) is 19.7. The van der Waals surface area contributed by atoms with Crippen LogP contribution in [0.5, 0.6) is 0 Å². The lowest BCUT2D eigenvalue weighted by molar-refractivity contribution is -0.107. The topological polar surface area (TPSA) is 181 Å². The molecule has 0 aromatic carbocycles. The summed E-state index contributed by atoms with van der Waals surface area (Å²) in [5, 5.41) is 27.2. The molecule has 0 unspecified atom stereocenters. The molecule has 13 nitrogen and oxygen atoms in total. The average molecular weight is 508 g/mol. The zero-order chi connectivity index (χ0) is 24.0. The van der Waals surface area contributed by atoms with Gasteiger partial charge in [0, 0.05) is 13.7 Å². The second-order valence-electron chi connectivity index (χ2n) is 8.50. The van der Waals surface area contributed by atoms with Gasteiger partial charge in [-0.25, -0.2) is 4.68 Å². The molecule has 2 aliphatic rings. The van der Waals surface area contributed by atoms with Gasteiger partial charge >= 0.3 is 7.60 Å². The Morgan fingerprint density at radius 1 is 1.33 bits per heavy atom. The van der Waals surface area contributed by atoms with Crippen LogP contribution in [0.4, 0.5) is 5.82 Å². The summed E-state index contributed by atoms with van der Waals surface area (Å²) in [4.78, 5) is 27.7. The number of hydrogen-bond donors (Lipinski definition) is 5. The van der Waals surface area contributed by atoms with Gasteiger partial charge < -0.3 is 39.5 Å². The summed E-state index contributed by atoms with van der Waals surface area (Å²) in [5.41, 5.74) is 0.297. The maximum absolute atomic E-state index is 11.8. The molecule has 0 amide bonds. The van der Waals surface area contributed by atoms with Gasteiger partial charge in [-0.1, -0.05) is 0 Å². The van der Waals surface area contributed by atoms with Crippen LogP contribution < -0.4 is 5.32 Å². The first kappa shape index (κ1) is 24.7. The summed E-state index contributed by atoms with van der Waals surface area (Å²) in [5.74, 6) is 1.10. The first-order valence-corrected chi connectivity index (χ1v) is 12.4. The minimum atomic E-state index is -4.72. The quantitative estimate of drug-likeness (QED) is 0.222. The van der Waals surface area contributed by atoms with Crippen molar-refractivity contribution in [3.8, 4) is 0 Å². The third-order valence-electron chi connectivity index (χ3n) is 5.85. The predicted molar refractivity (Wildman–Crippen MR) is 116 cm³/mol. The number of aromatic nitrogens is 4. The Morgan fingerprint density at radius 3 is 2.70 bits per heavy atom. The van der Waals surface area contributed by atoms with Gasteiger partial charge in [0.15, 0.2) is 17.2 Å². The average Bonchev–Trinajstić information content (AvgIpc) is 3.42. The van der Waals surface area contributed by atoms with Crippen LogP contribution in [0.25, 0.3) is 11.0 Å². The summed E-state index contributed by atoms with van der Waals surface area (Å²) < 4.78 is 29.2. The van der Waals surface area contributed by atoms with Crippen LogP contribution in [0.3, 0.4) is 0 Å². The molecule has 0 radical (unpaired) electrons. The van der Waals surface area contributed by atoms with E-state index >= 15 is 0 Å². The molecule has 1 aliphatic heterocycles. The molecule has 5 N–H and O–H groups in total. The second-order valence-corrected chi connectivity index (χ2v) is 10.9. The van der Waals surface area contributed by atoms with Crippen LogP contribution in [-0.4, -0.2) is 90.3 Å². The van der Waals surface area contributed by atoms with Crippen LogP contribution in [0.15, 0.2) is 6.20 Å². The highest BCUT2D eigenvalue weighted by Gasteiger charge is 2.49. The molecule has 184 valence electrons. The molecule has 4 rings (SSSR count). The minimum absolute atomic E-state index is 0.0209. The van der Waals surface area contributed by atoms with Crippen molar-refractivity contribution in [2.24, 2.45) is 5.92 Å². The number of halogens is 1. The van der Waals surface area contributed by atoms with E-state index in [1.807, 2.05) is 0 Å². The Balaban J connectivity index is 1.53. The van der Waals surface area contributed by atoms with Crippen LogP contribution in [0, 0.1) is 5.92 Å². The first-order valence-electron chi connectivity index (χ1n) is 10.4. The molecule has 0 spiro atoms. The second kappa shape index (κ2) is 9.33. The molecule has 1 saturated carbocycles. The molecule has 5 atom stereocenters. The number of nitrogens with one attached hydrogen (secondary N) is 1. The molecular weight excluding hydrogens is 481 g/mol. The Morgan fingerprint density at radius 2 is 2.06 bits per heavy atom. The minimum Gasteiger partial charge on any atom is -0.387 e. The number of fused-ring (bicyclic) bond motifs is 1. The van der Waals surface area contributed by atoms with Gasteiger partial charge in [0.05, 0.1) is 24.8 Å².